The third-order valence-electron chi connectivity index (χ3n) is 6.05. The van der Waals surface area contributed by atoms with E-state index >= 15 is 0 Å². The summed E-state index contributed by atoms with van der Waals surface area (Å²) in [4.78, 5) is 46.6. The highest BCUT2D eigenvalue weighted by Crippen LogP contribution is 2.22. The lowest BCUT2D eigenvalue weighted by Crippen LogP contribution is -2.40. The molecule has 9 heteroatoms. The van der Waals surface area contributed by atoms with Gasteiger partial charge in [0.05, 0.1) is 17.1 Å². The third kappa shape index (κ3) is 4.45. The smallest absolute Gasteiger partial charge is 0.260 e. The summed E-state index contributed by atoms with van der Waals surface area (Å²) in [6.45, 7) is 3.92. The molecule has 0 saturated carbocycles. The van der Waals surface area contributed by atoms with Gasteiger partial charge in [0.1, 0.15) is 11.5 Å². The SMILES string of the molecule is CCn1cc(C(=O)C2CCN(C(=O)CCCc3nc4c(ccn4C)c(=O)[nH]3)CC2)cn1. The van der Waals surface area contributed by atoms with Crippen LogP contribution in [0.2, 0.25) is 0 Å². The first-order valence-corrected chi connectivity index (χ1v) is 10.8. The van der Waals surface area contributed by atoms with E-state index in [9.17, 15) is 14.4 Å². The highest BCUT2D eigenvalue weighted by atomic mass is 16.2. The number of nitrogens with one attached hydrogen (secondary N) is 1. The first-order chi connectivity index (χ1) is 15.0. The van der Waals surface area contributed by atoms with E-state index in [1.165, 1.54) is 0 Å². The molecule has 1 fully saturated rings. The van der Waals surface area contributed by atoms with Gasteiger partial charge < -0.3 is 14.5 Å². The van der Waals surface area contributed by atoms with E-state index in [2.05, 4.69) is 15.1 Å². The number of hydrogen-bond acceptors (Lipinski definition) is 5. The number of hydrogen-bond donors (Lipinski definition) is 1. The normalized spacial score (nSPS) is 15.0. The third-order valence-corrected chi connectivity index (χ3v) is 6.05. The topological polar surface area (TPSA) is 106 Å². The van der Waals surface area contributed by atoms with Crippen LogP contribution < -0.4 is 5.56 Å². The lowest BCUT2D eigenvalue weighted by atomic mass is 9.90. The van der Waals surface area contributed by atoms with E-state index in [0.717, 1.165) is 6.54 Å². The Hall–Kier alpha value is -3.23. The van der Waals surface area contributed by atoms with Crippen molar-refractivity contribution in [1.82, 2.24) is 29.2 Å². The summed E-state index contributed by atoms with van der Waals surface area (Å²) in [7, 11) is 1.85. The van der Waals surface area contributed by atoms with Crippen LogP contribution in [0.25, 0.3) is 11.0 Å². The number of likely N-dealkylation sites (tertiary alicyclic amines) is 1. The maximum atomic E-state index is 12.7. The zero-order valence-electron chi connectivity index (χ0n) is 18.0. The Morgan fingerprint density at radius 1 is 1.26 bits per heavy atom. The molecule has 0 bridgehead atoms. The summed E-state index contributed by atoms with van der Waals surface area (Å²) < 4.78 is 3.57. The van der Waals surface area contributed by atoms with Gasteiger partial charge in [0, 0.05) is 57.8 Å². The average Bonchev–Trinajstić information content (AvgIpc) is 3.41. The van der Waals surface area contributed by atoms with Crippen LogP contribution >= 0.6 is 0 Å². The number of Topliss-reactive ketones (excluding diaryl/α,β-unsaturated/α-hetero) is 1. The molecular formula is C22H28N6O3. The van der Waals surface area contributed by atoms with Crippen LogP contribution in [0.3, 0.4) is 0 Å². The number of fused-ring (bicyclic) bond motifs is 1. The Morgan fingerprint density at radius 3 is 2.74 bits per heavy atom. The molecule has 0 radical (unpaired) electrons. The van der Waals surface area contributed by atoms with E-state index in [0.29, 0.717) is 67.6 Å². The molecule has 1 amide bonds. The van der Waals surface area contributed by atoms with Crippen molar-refractivity contribution in [2.45, 2.75) is 45.6 Å². The second kappa shape index (κ2) is 8.87. The number of rotatable bonds is 7. The molecule has 1 aliphatic heterocycles. The van der Waals surface area contributed by atoms with Crippen LogP contribution in [-0.4, -0.2) is 54.0 Å². The van der Waals surface area contributed by atoms with E-state index < -0.39 is 0 Å². The second-order valence-corrected chi connectivity index (χ2v) is 8.13. The number of amides is 1. The Kier molecular flexibility index (Phi) is 6.01. The minimum Gasteiger partial charge on any atom is -0.343 e. The van der Waals surface area contributed by atoms with Crippen LogP contribution in [0.4, 0.5) is 0 Å². The fourth-order valence-electron chi connectivity index (χ4n) is 4.17. The van der Waals surface area contributed by atoms with E-state index in [4.69, 9.17) is 0 Å². The number of H-pyrrole nitrogens is 1. The van der Waals surface area contributed by atoms with Gasteiger partial charge in [0.15, 0.2) is 5.78 Å². The molecule has 0 unspecified atom stereocenters. The monoisotopic (exact) mass is 424 g/mol. The van der Waals surface area contributed by atoms with Gasteiger partial charge in [-0.1, -0.05) is 0 Å². The standard InChI is InChI=1S/C22H28N6O3/c1-3-28-14-16(13-23-28)20(30)15-7-11-27(12-8-15)19(29)6-4-5-18-24-21-17(22(31)25-18)9-10-26(21)2/h9-10,13-15H,3-8,11-12H2,1-2H3,(H,24,25,31). The zero-order chi connectivity index (χ0) is 22.0. The van der Waals surface area contributed by atoms with Gasteiger partial charge in [-0.25, -0.2) is 4.98 Å². The number of aromatic nitrogens is 5. The number of nitrogens with zero attached hydrogens (tertiary/aromatic N) is 5. The highest BCUT2D eigenvalue weighted by Gasteiger charge is 2.28. The van der Waals surface area contributed by atoms with Crippen molar-refractivity contribution in [2.75, 3.05) is 13.1 Å². The predicted octanol–water partition coefficient (Wildman–Crippen LogP) is 1.92. The Balaban J connectivity index is 1.26. The Morgan fingerprint density at radius 2 is 2.03 bits per heavy atom. The number of carbonyl (C=O) groups excluding carboxylic acids is 2. The summed E-state index contributed by atoms with van der Waals surface area (Å²) in [6.07, 6.45) is 8.16. The molecule has 1 saturated heterocycles. The maximum absolute atomic E-state index is 12.7. The molecule has 4 heterocycles. The molecule has 0 spiro atoms. The van der Waals surface area contributed by atoms with Crippen LogP contribution in [-0.2, 0) is 24.8 Å². The Bertz CT molecular complexity index is 1150. The van der Waals surface area contributed by atoms with Crippen molar-refractivity contribution in [3.05, 3.63) is 46.4 Å². The molecule has 4 rings (SSSR count). The minimum absolute atomic E-state index is 0.0511. The first-order valence-electron chi connectivity index (χ1n) is 10.8. The fraction of sp³-hybridized carbons (Fsp3) is 0.500. The van der Waals surface area contributed by atoms with Crippen molar-refractivity contribution in [2.24, 2.45) is 13.0 Å². The van der Waals surface area contributed by atoms with Gasteiger partial charge in [-0.05, 0) is 32.3 Å². The number of aromatic amines is 1. The summed E-state index contributed by atoms with van der Waals surface area (Å²) in [5, 5.41) is 4.75. The fourth-order valence-corrected chi connectivity index (χ4v) is 4.17. The number of ketones is 1. The van der Waals surface area contributed by atoms with Crippen LogP contribution in [0, 0.1) is 5.92 Å². The van der Waals surface area contributed by atoms with Crippen LogP contribution in [0.15, 0.2) is 29.5 Å². The van der Waals surface area contributed by atoms with Gasteiger partial charge in [-0.2, -0.15) is 5.10 Å². The molecule has 1 aliphatic rings. The highest BCUT2D eigenvalue weighted by molar-refractivity contribution is 5.97. The van der Waals surface area contributed by atoms with Gasteiger partial charge in [0.2, 0.25) is 5.91 Å². The quantitative estimate of drug-likeness (QED) is 0.583. The summed E-state index contributed by atoms with van der Waals surface area (Å²) in [5.41, 5.74) is 1.16. The molecule has 1 N–H and O–H groups in total. The number of piperidine rings is 1. The van der Waals surface area contributed by atoms with Crippen molar-refractivity contribution in [3.8, 4) is 0 Å². The van der Waals surface area contributed by atoms with Crippen molar-refractivity contribution < 1.29 is 9.59 Å². The summed E-state index contributed by atoms with van der Waals surface area (Å²) >= 11 is 0. The minimum atomic E-state index is -0.150. The van der Waals surface area contributed by atoms with E-state index in [1.807, 2.05) is 29.6 Å². The average molecular weight is 425 g/mol. The maximum Gasteiger partial charge on any atom is 0.260 e. The lowest BCUT2D eigenvalue weighted by Gasteiger charge is -2.31. The molecule has 0 aliphatic carbocycles. The molecule has 9 nitrogen and oxygen atoms in total. The van der Waals surface area contributed by atoms with Gasteiger partial charge in [-0.15, -0.1) is 0 Å². The van der Waals surface area contributed by atoms with Crippen molar-refractivity contribution in [1.29, 1.82) is 0 Å². The first kappa shape index (κ1) is 21.0. The molecule has 0 atom stereocenters. The van der Waals surface area contributed by atoms with Crippen molar-refractivity contribution >= 4 is 22.7 Å². The number of carbonyl (C=O) groups is 2. The van der Waals surface area contributed by atoms with Crippen molar-refractivity contribution in [3.63, 3.8) is 0 Å². The largest absolute Gasteiger partial charge is 0.343 e. The van der Waals surface area contributed by atoms with E-state index in [-0.39, 0.29) is 23.2 Å². The summed E-state index contributed by atoms with van der Waals surface area (Å²) in [6, 6.07) is 1.75. The molecule has 164 valence electrons. The molecule has 3 aromatic rings. The van der Waals surface area contributed by atoms with Gasteiger partial charge in [-0.3, -0.25) is 19.1 Å². The van der Waals surface area contributed by atoms with Gasteiger partial charge >= 0.3 is 0 Å². The molecular weight excluding hydrogens is 396 g/mol. The summed E-state index contributed by atoms with van der Waals surface area (Å²) in [5.74, 6) is 0.763. The van der Waals surface area contributed by atoms with Crippen LogP contribution in [0.1, 0.15) is 48.8 Å². The predicted molar refractivity (Wildman–Crippen MR) is 116 cm³/mol. The lowest BCUT2D eigenvalue weighted by molar-refractivity contribution is -0.132. The molecule has 0 aromatic carbocycles. The zero-order valence-corrected chi connectivity index (χ0v) is 18.0. The Labute approximate surface area is 180 Å². The van der Waals surface area contributed by atoms with Gasteiger partial charge in [0.25, 0.3) is 5.56 Å². The second-order valence-electron chi connectivity index (χ2n) is 8.13. The molecule has 3 aromatic heterocycles. The molecule has 31 heavy (non-hydrogen) atoms. The number of aryl methyl sites for hydroxylation is 3. The van der Waals surface area contributed by atoms with Crippen LogP contribution in [0.5, 0.6) is 0 Å². The van der Waals surface area contributed by atoms with E-state index in [1.54, 1.807) is 23.1 Å².